The molecule has 0 bridgehead atoms. The van der Waals surface area contributed by atoms with Gasteiger partial charge in [-0.05, 0) is 25.2 Å². The monoisotopic (exact) mass is 266 g/mol. The number of ether oxygens (including phenoxy) is 1. The molecule has 0 aromatic rings. The molecule has 0 aromatic heterocycles. The van der Waals surface area contributed by atoms with Crippen molar-refractivity contribution in [1.29, 1.82) is 0 Å². The maximum atomic E-state index is 11.5. The summed E-state index contributed by atoms with van der Waals surface area (Å²) in [5.41, 5.74) is 8.03. The third-order valence-corrected chi connectivity index (χ3v) is 2.60. The molecule has 0 aliphatic carbocycles. The van der Waals surface area contributed by atoms with Crippen LogP contribution in [0.2, 0.25) is 0 Å². The topological polar surface area (TPSA) is 79.8 Å². The molecule has 19 heavy (non-hydrogen) atoms. The van der Waals surface area contributed by atoms with Gasteiger partial charge in [0.05, 0.1) is 7.11 Å². The number of esters is 1. The Kier molecular flexibility index (Phi) is 9.27. The Morgan fingerprint density at radius 2 is 1.89 bits per heavy atom. The number of ketones is 1. The van der Waals surface area contributed by atoms with Gasteiger partial charge in [-0.1, -0.05) is 32.4 Å². The van der Waals surface area contributed by atoms with Crippen LogP contribution in [0.15, 0.2) is 12.2 Å². The van der Waals surface area contributed by atoms with Crippen LogP contribution in [-0.4, -0.2) is 29.4 Å². The first kappa shape index (κ1) is 17.3. The fourth-order valence-electron chi connectivity index (χ4n) is 1.52. The Morgan fingerprint density at radius 1 is 1.26 bits per heavy atom. The van der Waals surface area contributed by atoms with Crippen LogP contribution in [0, 0.1) is 5.92 Å². The molecule has 0 aromatic carbocycles. The molecule has 5 nitrogen and oxygen atoms in total. The molecule has 0 fully saturated rings. The summed E-state index contributed by atoms with van der Waals surface area (Å²) >= 11 is 0. The number of hydrogen-bond donors (Lipinski definition) is 0. The molecule has 0 spiro atoms. The van der Waals surface area contributed by atoms with Crippen molar-refractivity contribution in [1.82, 2.24) is 0 Å². The van der Waals surface area contributed by atoms with Crippen LogP contribution in [0.25, 0.3) is 5.53 Å². The predicted octanol–water partition coefficient (Wildman–Crippen LogP) is 2.56. The number of methoxy groups -OCH3 is 1. The smallest absolute Gasteiger partial charge is 0.441 e. The standard InChI is InChI=1S/C14H22N2O3/c1-11(2)9-7-5-4-6-8-10-12(17)13(16-15)14(18)19-3/h4,6,11H,5,7-10H2,1-3H3. The van der Waals surface area contributed by atoms with Gasteiger partial charge in [-0.3, -0.25) is 4.79 Å². The minimum Gasteiger partial charge on any atom is -0.460 e. The van der Waals surface area contributed by atoms with Gasteiger partial charge in [0, 0.05) is 6.42 Å². The first-order chi connectivity index (χ1) is 9.02. The number of nitrogens with zero attached hydrogens (tertiary/aromatic N) is 2. The molecule has 0 heterocycles. The summed E-state index contributed by atoms with van der Waals surface area (Å²) in [5, 5.41) is 0. The summed E-state index contributed by atoms with van der Waals surface area (Å²) in [6.45, 7) is 4.37. The van der Waals surface area contributed by atoms with E-state index < -0.39 is 17.5 Å². The molecular formula is C14H22N2O3. The van der Waals surface area contributed by atoms with Gasteiger partial charge in [-0.2, -0.15) is 4.79 Å². The Labute approximate surface area is 114 Å². The lowest BCUT2D eigenvalue weighted by molar-refractivity contribution is -0.139. The van der Waals surface area contributed by atoms with Crippen LogP contribution >= 0.6 is 0 Å². The Balaban J connectivity index is 3.94. The molecule has 0 radical (unpaired) electrons. The van der Waals surface area contributed by atoms with Gasteiger partial charge in [-0.25, -0.2) is 4.79 Å². The van der Waals surface area contributed by atoms with Crippen molar-refractivity contribution in [2.75, 3.05) is 7.11 Å². The molecule has 0 atom stereocenters. The summed E-state index contributed by atoms with van der Waals surface area (Å²) in [5.74, 6) is -0.715. The third-order valence-electron chi connectivity index (χ3n) is 2.60. The van der Waals surface area contributed by atoms with E-state index in [-0.39, 0.29) is 6.42 Å². The normalized spacial score (nSPS) is 10.5. The van der Waals surface area contributed by atoms with Gasteiger partial charge in [-0.15, -0.1) is 0 Å². The van der Waals surface area contributed by atoms with Crippen molar-refractivity contribution in [3.8, 4) is 0 Å². The second-order valence-corrected chi connectivity index (χ2v) is 4.70. The quantitative estimate of drug-likeness (QED) is 0.122. The lowest BCUT2D eigenvalue weighted by Gasteiger charge is -2.00. The molecule has 0 amide bonds. The zero-order valence-corrected chi connectivity index (χ0v) is 11.9. The van der Waals surface area contributed by atoms with E-state index in [0.717, 1.165) is 20.0 Å². The van der Waals surface area contributed by atoms with E-state index in [2.05, 4.69) is 23.4 Å². The van der Waals surface area contributed by atoms with Crippen molar-refractivity contribution < 1.29 is 19.1 Å². The van der Waals surface area contributed by atoms with Crippen LogP contribution in [-0.2, 0) is 14.3 Å². The first-order valence-corrected chi connectivity index (χ1v) is 6.51. The Bertz CT molecular complexity index is 380. The zero-order valence-electron chi connectivity index (χ0n) is 11.9. The fraction of sp³-hybridized carbons (Fsp3) is 0.643. The Hall–Kier alpha value is -1.74. The minimum absolute atomic E-state index is 0.134. The Morgan fingerprint density at radius 3 is 2.42 bits per heavy atom. The number of carbonyl (C=O) groups excluding carboxylic acids is 2. The van der Waals surface area contributed by atoms with Gasteiger partial charge in [0.25, 0.3) is 5.78 Å². The first-order valence-electron chi connectivity index (χ1n) is 6.51. The van der Waals surface area contributed by atoms with Crippen molar-refractivity contribution >= 4 is 17.5 Å². The molecule has 0 aliphatic heterocycles. The van der Waals surface area contributed by atoms with E-state index in [0.29, 0.717) is 12.3 Å². The van der Waals surface area contributed by atoms with Crippen LogP contribution in [0.5, 0.6) is 0 Å². The number of allylic oxidation sites excluding steroid dienone is 2. The van der Waals surface area contributed by atoms with Gasteiger partial charge < -0.3 is 10.3 Å². The van der Waals surface area contributed by atoms with Crippen molar-refractivity contribution in [2.45, 2.75) is 46.0 Å². The van der Waals surface area contributed by atoms with Gasteiger partial charge in [0.2, 0.25) is 0 Å². The lowest BCUT2D eigenvalue weighted by atomic mass is 10.1. The summed E-state index contributed by atoms with van der Waals surface area (Å²) in [7, 11) is 1.13. The molecule has 0 saturated carbocycles. The van der Waals surface area contributed by atoms with Crippen LogP contribution in [0.3, 0.4) is 0 Å². The van der Waals surface area contributed by atoms with Crippen molar-refractivity contribution in [3.05, 3.63) is 17.7 Å². The van der Waals surface area contributed by atoms with Crippen molar-refractivity contribution in [3.63, 3.8) is 0 Å². The highest BCUT2D eigenvalue weighted by Crippen LogP contribution is 2.07. The highest BCUT2D eigenvalue weighted by Gasteiger charge is 2.29. The average Bonchev–Trinajstić information content (AvgIpc) is 2.37. The fourth-order valence-corrected chi connectivity index (χ4v) is 1.52. The minimum atomic E-state index is -0.909. The van der Waals surface area contributed by atoms with Crippen LogP contribution in [0.1, 0.15) is 46.0 Å². The maximum Gasteiger partial charge on any atom is 0.441 e. The van der Waals surface area contributed by atoms with Gasteiger partial charge in [0.15, 0.2) is 0 Å². The second kappa shape index (κ2) is 10.2. The predicted molar refractivity (Wildman–Crippen MR) is 72.7 cm³/mol. The van der Waals surface area contributed by atoms with E-state index in [1.54, 1.807) is 0 Å². The molecule has 106 valence electrons. The largest absolute Gasteiger partial charge is 0.460 e. The van der Waals surface area contributed by atoms with E-state index in [9.17, 15) is 9.59 Å². The average molecular weight is 266 g/mol. The molecular weight excluding hydrogens is 244 g/mol. The lowest BCUT2D eigenvalue weighted by Crippen LogP contribution is -2.26. The zero-order chi connectivity index (χ0) is 14.7. The van der Waals surface area contributed by atoms with Gasteiger partial charge in [0.1, 0.15) is 0 Å². The van der Waals surface area contributed by atoms with E-state index in [4.69, 9.17) is 5.53 Å². The summed E-state index contributed by atoms with van der Waals surface area (Å²) in [6, 6.07) is 0. The SMILES string of the molecule is COC(=O)C(=[N+]=[N-])C(=O)CCC=CCCCC(C)C. The van der Waals surface area contributed by atoms with E-state index in [1.165, 1.54) is 6.42 Å². The highest BCUT2D eigenvalue weighted by molar-refractivity contribution is 6.62. The summed E-state index contributed by atoms with van der Waals surface area (Å²) in [4.78, 5) is 25.3. The summed E-state index contributed by atoms with van der Waals surface area (Å²) in [6.07, 6.45) is 7.91. The van der Waals surface area contributed by atoms with Gasteiger partial charge >= 0.3 is 11.7 Å². The molecule has 0 unspecified atom stereocenters. The number of carbonyl (C=O) groups is 2. The number of hydrogen-bond acceptors (Lipinski definition) is 3. The molecule has 0 saturated heterocycles. The highest BCUT2D eigenvalue weighted by atomic mass is 16.5. The van der Waals surface area contributed by atoms with E-state index in [1.807, 2.05) is 12.2 Å². The number of Topliss-reactive ketones (excluding diaryl/α,β-unsaturated/α-hetero) is 1. The van der Waals surface area contributed by atoms with Crippen LogP contribution in [0.4, 0.5) is 0 Å². The molecule has 0 rings (SSSR count). The summed E-state index contributed by atoms with van der Waals surface area (Å²) < 4.78 is 4.34. The molecule has 0 N–H and O–H groups in total. The van der Waals surface area contributed by atoms with Crippen LogP contribution < -0.4 is 0 Å². The second-order valence-electron chi connectivity index (χ2n) is 4.70. The number of rotatable bonds is 9. The molecule has 5 heteroatoms. The maximum absolute atomic E-state index is 11.5. The number of unbranched alkanes of at least 4 members (excludes halogenated alkanes) is 1. The van der Waals surface area contributed by atoms with Crippen molar-refractivity contribution in [2.24, 2.45) is 5.92 Å². The molecule has 0 aliphatic rings. The third kappa shape index (κ3) is 8.06. The van der Waals surface area contributed by atoms with E-state index >= 15 is 0 Å².